The molecule has 8 rings (SSSR count). The van der Waals surface area contributed by atoms with Crippen molar-refractivity contribution in [3.63, 3.8) is 0 Å². The van der Waals surface area contributed by atoms with Crippen LogP contribution in [-0.4, -0.2) is 22.8 Å². The molecule has 4 aromatic heterocycles. The highest BCUT2D eigenvalue weighted by Crippen LogP contribution is 2.51. The fourth-order valence-electron chi connectivity index (χ4n) is 6.11. The van der Waals surface area contributed by atoms with Gasteiger partial charge < -0.3 is 0 Å². The van der Waals surface area contributed by atoms with Crippen molar-refractivity contribution >= 4 is 102 Å². The lowest BCUT2D eigenvalue weighted by molar-refractivity contribution is 1.05. The first-order valence-electron chi connectivity index (χ1n) is 15.2. The molecule has 0 aliphatic rings. The Hall–Kier alpha value is -4.08. The van der Waals surface area contributed by atoms with Crippen LogP contribution in [0, 0.1) is 0 Å². The molecule has 0 N–H and O–H groups in total. The topological polar surface area (TPSA) is 25.8 Å². The van der Waals surface area contributed by atoms with Crippen LogP contribution in [0.3, 0.4) is 0 Å². The van der Waals surface area contributed by atoms with Gasteiger partial charge in [-0.05, 0) is 59.3 Å². The van der Waals surface area contributed by atoms with Gasteiger partial charge in [0.2, 0.25) is 0 Å². The van der Waals surface area contributed by atoms with Gasteiger partial charge in [-0.2, -0.15) is 10.2 Å². The smallest absolute Gasteiger partial charge is 0.0589 e. The van der Waals surface area contributed by atoms with Crippen molar-refractivity contribution in [1.82, 2.24) is 10.2 Å². The summed E-state index contributed by atoms with van der Waals surface area (Å²) in [5.41, 5.74) is 0. The number of thiophene rings is 3. The monoisotopic (exact) mass is 696 g/mol. The van der Waals surface area contributed by atoms with E-state index in [1.54, 1.807) is 0 Å². The molecule has 228 valence electrons. The summed E-state index contributed by atoms with van der Waals surface area (Å²) in [5, 5.41) is 16.1. The molecule has 0 aliphatic heterocycles. The molecule has 0 spiro atoms. The van der Waals surface area contributed by atoms with E-state index in [1.807, 2.05) is 46.4 Å². The van der Waals surface area contributed by atoms with Crippen LogP contribution in [0.25, 0.3) is 30.3 Å². The first kappa shape index (κ1) is 30.3. The van der Waals surface area contributed by atoms with Gasteiger partial charge in [-0.15, -0.1) is 34.0 Å². The molecule has 0 saturated carbocycles. The Morgan fingerprint density at radius 3 is 1.02 bits per heavy atom. The van der Waals surface area contributed by atoms with Crippen LogP contribution in [-0.2, 0) is 0 Å². The van der Waals surface area contributed by atoms with Gasteiger partial charge in [0.25, 0.3) is 0 Å². The van der Waals surface area contributed by atoms with Gasteiger partial charge in [0.05, 0.1) is 22.1 Å². The molecule has 47 heavy (non-hydrogen) atoms. The minimum absolute atomic E-state index is 1.14. The SMILES string of the molecule is C=P(c1ccccc1)(c1ccccc1)c1ccc(-c2sc(-c3ccc(P(=C)(c4ccccc4)c4ccccc4)s3)c3cnncc23)s1. The highest BCUT2D eigenvalue weighted by atomic mass is 32.1. The number of hydrogen-bond donors (Lipinski definition) is 0. The van der Waals surface area contributed by atoms with Crippen LogP contribution in [0.15, 0.2) is 158 Å². The Labute approximate surface area is 287 Å². The molecule has 7 heteroatoms. The largest absolute Gasteiger partial charge is 0.158 e. The summed E-state index contributed by atoms with van der Waals surface area (Å²) in [7, 11) is 0. The number of rotatable bonds is 8. The fraction of sp³-hybridized carbons (Fsp3) is 0. The molecule has 0 atom stereocenters. The first-order valence-corrected chi connectivity index (χ1v) is 21.6. The van der Waals surface area contributed by atoms with Gasteiger partial charge in [0.15, 0.2) is 0 Å². The van der Waals surface area contributed by atoms with E-state index in [4.69, 9.17) is 12.6 Å². The van der Waals surface area contributed by atoms with Crippen molar-refractivity contribution in [2.45, 2.75) is 0 Å². The Kier molecular flexibility index (Phi) is 8.05. The van der Waals surface area contributed by atoms with Gasteiger partial charge in [-0.25, -0.2) is 0 Å². The highest BCUT2D eigenvalue weighted by molar-refractivity contribution is 7.97. The van der Waals surface area contributed by atoms with Crippen molar-refractivity contribution in [2.75, 3.05) is 0 Å². The third-order valence-electron chi connectivity index (χ3n) is 8.60. The molecule has 0 unspecified atom stereocenters. The average Bonchev–Trinajstić information content (AvgIpc) is 3.92. The average molecular weight is 697 g/mol. The molecule has 0 saturated heterocycles. The zero-order valence-corrected chi connectivity index (χ0v) is 29.7. The van der Waals surface area contributed by atoms with Gasteiger partial charge in [0.1, 0.15) is 0 Å². The highest BCUT2D eigenvalue weighted by Gasteiger charge is 2.27. The predicted molar refractivity (Wildman–Crippen MR) is 216 cm³/mol. The Bertz CT molecular complexity index is 2160. The van der Waals surface area contributed by atoms with Gasteiger partial charge in [0, 0.05) is 29.8 Å². The lowest BCUT2D eigenvalue weighted by Gasteiger charge is -2.24. The molecule has 0 aliphatic carbocycles. The van der Waals surface area contributed by atoms with Gasteiger partial charge >= 0.3 is 0 Å². The predicted octanol–water partition coefficient (Wildman–Crippen LogP) is 8.60. The maximum absolute atomic E-state index is 4.98. The van der Waals surface area contributed by atoms with Crippen molar-refractivity contribution < 1.29 is 0 Å². The number of hydrogen-bond acceptors (Lipinski definition) is 5. The van der Waals surface area contributed by atoms with Crippen LogP contribution >= 0.6 is 47.8 Å². The standard InChI is InChI=1S/C40H30N2P2S3/c1-43(29-15-7-3-8-16-29,30-17-9-4-10-18-30)37-25-23-35(45-37)39-33-27-41-42-28-34(33)40(47-39)36-24-26-38(46-36)44(2,31-19-11-5-12-20-31)32-21-13-6-14-22-32/h3-28H,1-2H2. The van der Waals surface area contributed by atoms with Gasteiger partial charge in [-0.3, -0.25) is 0 Å². The van der Waals surface area contributed by atoms with E-state index in [-0.39, 0.29) is 0 Å². The molecule has 4 heterocycles. The van der Waals surface area contributed by atoms with Crippen LogP contribution < -0.4 is 30.5 Å². The van der Waals surface area contributed by atoms with E-state index < -0.39 is 13.8 Å². The summed E-state index contributed by atoms with van der Waals surface area (Å²) in [6, 6.07) is 52.3. The minimum Gasteiger partial charge on any atom is -0.158 e. The molecular weight excluding hydrogens is 667 g/mol. The third-order valence-corrected chi connectivity index (χ3v) is 20.9. The maximum Gasteiger partial charge on any atom is 0.0589 e. The Morgan fingerprint density at radius 2 is 0.702 bits per heavy atom. The summed E-state index contributed by atoms with van der Waals surface area (Å²) in [6.45, 7) is -4.14. The van der Waals surface area contributed by atoms with Crippen molar-refractivity contribution in [3.8, 4) is 19.5 Å². The van der Waals surface area contributed by atoms with Crippen LogP contribution in [0.1, 0.15) is 0 Å². The number of aromatic nitrogens is 2. The summed E-state index contributed by atoms with van der Waals surface area (Å²) < 4.78 is 2.62. The van der Waals surface area contributed by atoms with E-state index in [9.17, 15) is 0 Å². The second-order valence-corrected chi connectivity index (χ2v) is 21.4. The third kappa shape index (κ3) is 5.24. The van der Waals surface area contributed by atoms with E-state index in [0.717, 1.165) is 10.8 Å². The summed E-state index contributed by atoms with van der Waals surface area (Å²) in [6.07, 6.45) is 13.8. The fourth-order valence-corrected chi connectivity index (χ4v) is 17.2. The van der Waals surface area contributed by atoms with Crippen LogP contribution in [0.5, 0.6) is 0 Å². The number of benzene rings is 4. The van der Waals surface area contributed by atoms with Crippen molar-refractivity contribution in [3.05, 3.63) is 158 Å². The Balaban J connectivity index is 1.25. The van der Waals surface area contributed by atoms with E-state index in [2.05, 4.69) is 156 Å². The zero-order chi connectivity index (χ0) is 31.8. The van der Waals surface area contributed by atoms with Crippen molar-refractivity contribution in [2.24, 2.45) is 0 Å². The summed E-state index contributed by atoms with van der Waals surface area (Å²) in [5.74, 6) is 0. The quantitative estimate of drug-likeness (QED) is 0.149. The minimum atomic E-state index is -2.07. The number of fused-ring (bicyclic) bond motifs is 1. The summed E-state index contributed by atoms with van der Waals surface area (Å²) in [4.78, 5) is 4.92. The summed E-state index contributed by atoms with van der Waals surface area (Å²) >= 11 is 5.55. The maximum atomic E-state index is 4.98. The first-order chi connectivity index (χ1) is 23.1. The second-order valence-electron chi connectivity index (χ2n) is 11.3. The van der Waals surface area contributed by atoms with Crippen LogP contribution in [0.4, 0.5) is 0 Å². The molecule has 0 fully saturated rings. The molecule has 0 bridgehead atoms. The lowest BCUT2D eigenvalue weighted by Crippen LogP contribution is -2.23. The second kappa shape index (κ2) is 12.5. The van der Waals surface area contributed by atoms with Crippen molar-refractivity contribution in [1.29, 1.82) is 0 Å². The lowest BCUT2D eigenvalue weighted by atomic mass is 10.2. The van der Waals surface area contributed by atoms with Gasteiger partial charge in [-0.1, -0.05) is 134 Å². The molecular formula is C40H30N2P2S3. The Morgan fingerprint density at radius 1 is 0.383 bits per heavy atom. The van der Waals surface area contributed by atoms with E-state index in [1.165, 1.54) is 50.0 Å². The zero-order valence-electron chi connectivity index (χ0n) is 25.4. The number of nitrogens with zero attached hydrogens (tertiary/aromatic N) is 2. The normalized spacial score (nSPS) is 12.0. The van der Waals surface area contributed by atoms with Crippen LogP contribution in [0.2, 0.25) is 0 Å². The van der Waals surface area contributed by atoms with E-state index >= 15 is 0 Å². The van der Waals surface area contributed by atoms with E-state index in [0.29, 0.717) is 0 Å². The molecule has 0 radical (unpaired) electrons. The molecule has 4 aromatic carbocycles. The molecule has 8 aromatic rings. The molecule has 0 amide bonds. The molecule has 2 nitrogen and oxygen atoms in total.